The average Bonchev–Trinajstić information content (AvgIpc) is 2.65. The van der Waals surface area contributed by atoms with Gasteiger partial charge >= 0.3 is 0 Å². The van der Waals surface area contributed by atoms with Crippen LogP contribution >= 0.6 is 0 Å². The summed E-state index contributed by atoms with van der Waals surface area (Å²) in [5.41, 5.74) is 4.42. The lowest BCUT2D eigenvalue weighted by Crippen LogP contribution is -2.43. The zero-order chi connectivity index (χ0) is 20.7. The van der Waals surface area contributed by atoms with Gasteiger partial charge in [-0.05, 0) is 67.3 Å². The van der Waals surface area contributed by atoms with Crippen LogP contribution in [0.25, 0.3) is 0 Å². The van der Waals surface area contributed by atoms with Crippen molar-refractivity contribution in [1.82, 2.24) is 10.3 Å². The van der Waals surface area contributed by atoms with Gasteiger partial charge in [0.2, 0.25) is 0 Å². The van der Waals surface area contributed by atoms with E-state index in [0.717, 1.165) is 5.56 Å². The number of hydrogen-bond donors (Lipinski definition) is 2. The third kappa shape index (κ3) is 5.97. The summed E-state index contributed by atoms with van der Waals surface area (Å²) >= 11 is 0. The Morgan fingerprint density at radius 2 is 1.68 bits per heavy atom. The second-order valence-corrected chi connectivity index (χ2v) is 8.20. The fourth-order valence-electron chi connectivity index (χ4n) is 2.64. The lowest BCUT2D eigenvalue weighted by atomic mass is 9.98. The highest BCUT2D eigenvalue weighted by Crippen LogP contribution is 2.23. The number of hydrazine groups is 1. The zero-order valence-electron chi connectivity index (χ0n) is 16.5. The normalized spacial score (nSPS) is 11.3. The molecular formula is C20H26N2O5S. The minimum atomic E-state index is -3.88. The number of hydrogen-bond acceptors (Lipinski definition) is 5. The van der Waals surface area contributed by atoms with E-state index in [-0.39, 0.29) is 11.5 Å². The number of sulfonamides is 1. The van der Waals surface area contributed by atoms with E-state index in [0.29, 0.717) is 24.0 Å². The van der Waals surface area contributed by atoms with Gasteiger partial charge in [-0.15, -0.1) is 4.83 Å². The molecule has 0 aliphatic heterocycles. The van der Waals surface area contributed by atoms with Gasteiger partial charge in [0.15, 0.2) is 6.61 Å². The maximum Gasteiger partial charge on any atom is 0.272 e. The summed E-state index contributed by atoms with van der Waals surface area (Å²) in [5.74, 6) is 0.901. The molecule has 0 atom stereocenters. The van der Waals surface area contributed by atoms with Crippen molar-refractivity contribution in [3.05, 3.63) is 53.6 Å². The van der Waals surface area contributed by atoms with Crippen LogP contribution in [-0.4, -0.2) is 27.5 Å². The maximum atomic E-state index is 12.2. The Kier molecular flexibility index (Phi) is 7.42. The van der Waals surface area contributed by atoms with Crippen molar-refractivity contribution >= 4 is 15.9 Å². The van der Waals surface area contributed by atoms with Crippen LogP contribution in [0.3, 0.4) is 0 Å². The number of carbonyl (C=O) groups is 1. The molecule has 0 saturated carbocycles. The molecule has 0 radical (unpaired) electrons. The highest BCUT2D eigenvalue weighted by Gasteiger charge is 2.15. The van der Waals surface area contributed by atoms with Gasteiger partial charge in [0.05, 0.1) is 11.5 Å². The summed E-state index contributed by atoms with van der Waals surface area (Å²) in [6.07, 6.45) is 0. The topological polar surface area (TPSA) is 93.7 Å². The van der Waals surface area contributed by atoms with E-state index in [1.54, 1.807) is 18.2 Å². The van der Waals surface area contributed by atoms with E-state index < -0.39 is 15.9 Å². The summed E-state index contributed by atoms with van der Waals surface area (Å²) in [5, 5.41) is 0. The van der Waals surface area contributed by atoms with Crippen LogP contribution in [-0.2, 0) is 14.8 Å². The summed E-state index contributed by atoms with van der Waals surface area (Å²) in [4.78, 5) is 14.0. The number of rotatable bonds is 9. The fraction of sp³-hybridized carbons (Fsp3) is 0.350. The molecule has 0 bridgehead atoms. The highest BCUT2D eigenvalue weighted by molar-refractivity contribution is 7.89. The number of nitrogens with one attached hydrogen (secondary N) is 2. The molecule has 0 aliphatic carbocycles. The third-order valence-electron chi connectivity index (χ3n) is 4.00. The minimum absolute atomic E-state index is 0.0112. The van der Waals surface area contributed by atoms with Crippen molar-refractivity contribution in [2.75, 3.05) is 13.2 Å². The minimum Gasteiger partial charge on any atom is -0.494 e. The third-order valence-corrected chi connectivity index (χ3v) is 5.27. The molecule has 2 aromatic rings. The van der Waals surface area contributed by atoms with Gasteiger partial charge in [0, 0.05) is 0 Å². The number of amides is 1. The Morgan fingerprint density at radius 3 is 2.25 bits per heavy atom. The number of carbonyl (C=O) groups excluding carboxylic acids is 1. The lowest BCUT2D eigenvalue weighted by Gasteiger charge is -2.13. The Hall–Kier alpha value is -2.58. The fourth-order valence-corrected chi connectivity index (χ4v) is 3.50. The lowest BCUT2D eigenvalue weighted by molar-refractivity contribution is -0.123. The van der Waals surface area contributed by atoms with Gasteiger partial charge in [-0.3, -0.25) is 10.2 Å². The Labute approximate surface area is 166 Å². The monoisotopic (exact) mass is 406 g/mol. The van der Waals surface area contributed by atoms with E-state index in [1.165, 1.54) is 17.7 Å². The molecule has 8 heteroatoms. The van der Waals surface area contributed by atoms with Crippen molar-refractivity contribution in [3.63, 3.8) is 0 Å². The molecule has 0 unspecified atom stereocenters. The molecule has 0 spiro atoms. The second kappa shape index (κ2) is 9.57. The maximum absolute atomic E-state index is 12.2. The van der Waals surface area contributed by atoms with Gasteiger partial charge in [0.25, 0.3) is 15.9 Å². The van der Waals surface area contributed by atoms with Gasteiger partial charge in [0.1, 0.15) is 11.5 Å². The molecule has 2 N–H and O–H groups in total. The van der Waals surface area contributed by atoms with Crippen LogP contribution in [0.2, 0.25) is 0 Å². The summed E-state index contributed by atoms with van der Waals surface area (Å²) in [7, 11) is -3.88. The summed E-state index contributed by atoms with van der Waals surface area (Å²) in [6, 6.07) is 11.5. The van der Waals surface area contributed by atoms with Crippen LogP contribution in [0.4, 0.5) is 0 Å². The van der Waals surface area contributed by atoms with Crippen molar-refractivity contribution in [1.29, 1.82) is 0 Å². The van der Waals surface area contributed by atoms with Gasteiger partial charge in [-0.1, -0.05) is 19.9 Å². The molecule has 152 valence electrons. The Balaban J connectivity index is 1.88. The van der Waals surface area contributed by atoms with E-state index in [4.69, 9.17) is 9.47 Å². The van der Waals surface area contributed by atoms with Crippen molar-refractivity contribution in [2.24, 2.45) is 0 Å². The standard InChI is InChI=1S/C20H26N2O5S/c1-5-26-16-6-9-18(10-7-16)28(24,25)22-21-20(23)13-27-17-8-11-19(14(2)3)15(4)12-17/h6-12,14,22H,5,13H2,1-4H3,(H,21,23). The largest absolute Gasteiger partial charge is 0.494 e. The quantitative estimate of drug-likeness (QED) is 0.625. The summed E-state index contributed by atoms with van der Waals surface area (Å²) < 4.78 is 35.1. The molecular weight excluding hydrogens is 380 g/mol. The first-order valence-corrected chi connectivity index (χ1v) is 10.5. The molecule has 7 nitrogen and oxygen atoms in total. The van der Waals surface area contributed by atoms with Crippen LogP contribution < -0.4 is 19.7 Å². The summed E-state index contributed by atoms with van der Waals surface area (Å²) in [6.45, 7) is 8.20. The van der Waals surface area contributed by atoms with E-state index in [2.05, 4.69) is 24.1 Å². The second-order valence-electron chi connectivity index (χ2n) is 6.52. The highest BCUT2D eigenvalue weighted by atomic mass is 32.2. The predicted molar refractivity (Wildman–Crippen MR) is 107 cm³/mol. The molecule has 2 aromatic carbocycles. The first kappa shape index (κ1) is 21.7. The van der Waals surface area contributed by atoms with E-state index in [1.807, 2.05) is 26.0 Å². The van der Waals surface area contributed by atoms with Crippen molar-refractivity contribution < 1.29 is 22.7 Å². The Bertz CT molecular complexity index is 909. The molecule has 28 heavy (non-hydrogen) atoms. The van der Waals surface area contributed by atoms with Crippen molar-refractivity contribution in [2.45, 2.75) is 38.5 Å². The number of ether oxygens (including phenoxy) is 2. The van der Waals surface area contributed by atoms with E-state index >= 15 is 0 Å². The van der Waals surface area contributed by atoms with Gasteiger partial charge in [-0.25, -0.2) is 8.42 Å². The molecule has 0 heterocycles. The smallest absolute Gasteiger partial charge is 0.272 e. The van der Waals surface area contributed by atoms with Crippen molar-refractivity contribution in [3.8, 4) is 11.5 Å². The first-order valence-electron chi connectivity index (χ1n) is 8.99. The van der Waals surface area contributed by atoms with Gasteiger partial charge in [-0.2, -0.15) is 0 Å². The van der Waals surface area contributed by atoms with Crippen LogP contribution in [0.15, 0.2) is 47.4 Å². The SMILES string of the molecule is CCOc1ccc(S(=O)(=O)NNC(=O)COc2ccc(C(C)C)c(C)c2)cc1. The molecule has 2 rings (SSSR count). The molecule has 1 amide bonds. The molecule has 0 saturated heterocycles. The number of benzene rings is 2. The Morgan fingerprint density at radius 1 is 1.04 bits per heavy atom. The van der Waals surface area contributed by atoms with Gasteiger partial charge < -0.3 is 9.47 Å². The first-order chi connectivity index (χ1) is 13.2. The van der Waals surface area contributed by atoms with Crippen LogP contribution in [0, 0.1) is 6.92 Å². The average molecular weight is 407 g/mol. The van der Waals surface area contributed by atoms with Crippen LogP contribution in [0.5, 0.6) is 11.5 Å². The van der Waals surface area contributed by atoms with E-state index in [9.17, 15) is 13.2 Å². The zero-order valence-corrected chi connectivity index (χ0v) is 17.3. The predicted octanol–water partition coefficient (Wildman–Crippen LogP) is 2.91. The number of aryl methyl sites for hydroxylation is 1. The molecule has 0 fully saturated rings. The molecule has 0 aliphatic rings. The molecule has 0 aromatic heterocycles. The van der Waals surface area contributed by atoms with Crippen LogP contribution in [0.1, 0.15) is 37.8 Å².